The second-order valence-corrected chi connectivity index (χ2v) is 4.91. The topological polar surface area (TPSA) is 20.3 Å². The van der Waals surface area contributed by atoms with Gasteiger partial charge in [-0.05, 0) is 50.0 Å². The van der Waals surface area contributed by atoms with E-state index in [0.29, 0.717) is 11.9 Å². The molecule has 0 radical (unpaired) electrons. The molecule has 1 saturated carbocycles. The Hall–Kier alpha value is -0.790. The molecule has 2 aliphatic carbocycles. The van der Waals surface area contributed by atoms with Crippen LogP contribution in [0.4, 0.5) is 0 Å². The van der Waals surface area contributed by atoms with Gasteiger partial charge in [0.05, 0.1) is 6.04 Å². The number of likely N-dealkylation sites (N-methyl/N-ethyl adjacent to an activating group) is 1. The zero-order valence-electron chi connectivity index (χ0n) is 8.75. The van der Waals surface area contributed by atoms with E-state index in [1.165, 1.54) is 43.3 Å². The molecular formula is C12H17NO. The van der Waals surface area contributed by atoms with Crippen LogP contribution in [0.3, 0.4) is 0 Å². The van der Waals surface area contributed by atoms with Gasteiger partial charge in [-0.1, -0.05) is 0 Å². The van der Waals surface area contributed by atoms with Crippen LogP contribution in [-0.4, -0.2) is 23.9 Å². The number of rotatable bonds is 1. The van der Waals surface area contributed by atoms with E-state index in [0.717, 1.165) is 12.3 Å². The Morgan fingerprint density at radius 1 is 1.21 bits per heavy atom. The van der Waals surface area contributed by atoms with E-state index in [-0.39, 0.29) is 0 Å². The number of amides is 1. The third-order valence-electron chi connectivity index (χ3n) is 3.93. The Morgan fingerprint density at radius 3 is 2.64 bits per heavy atom. The first kappa shape index (κ1) is 8.51. The van der Waals surface area contributed by atoms with E-state index in [9.17, 15) is 4.79 Å². The number of carbonyl (C=O) groups excluding carboxylic acids is 1. The number of hydrogen-bond donors (Lipinski definition) is 0. The summed E-state index contributed by atoms with van der Waals surface area (Å²) in [6.07, 6.45) is 7.41. The molecule has 1 amide bonds. The third-order valence-corrected chi connectivity index (χ3v) is 3.93. The van der Waals surface area contributed by atoms with Crippen LogP contribution in [0.25, 0.3) is 0 Å². The van der Waals surface area contributed by atoms with Crippen molar-refractivity contribution in [2.45, 2.75) is 44.6 Å². The van der Waals surface area contributed by atoms with Crippen molar-refractivity contribution in [2.24, 2.45) is 5.92 Å². The van der Waals surface area contributed by atoms with Crippen molar-refractivity contribution in [3.05, 3.63) is 11.1 Å². The molecule has 0 aromatic carbocycles. The Balaban J connectivity index is 1.97. The predicted molar refractivity (Wildman–Crippen MR) is 54.8 cm³/mol. The Kier molecular flexibility index (Phi) is 1.73. The zero-order valence-corrected chi connectivity index (χ0v) is 8.75. The lowest BCUT2D eigenvalue weighted by molar-refractivity contribution is -0.126. The maximum Gasteiger partial charge on any atom is 0.250 e. The van der Waals surface area contributed by atoms with E-state index in [2.05, 4.69) is 0 Å². The first-order chi connectivity index (χ1) is 6.79. The maximum absolute atomic E-state index is 12.0. The fraction of sp³-hybridized carbons (Fsp3) is 0.750. The average Bonchev–Trinajstić information content (AvgIpc) is 2.99. The lowest BCUT2D eigenvalue weighted by atomic mass is 9.89. The van der Waals surface area contributed by atoms with E-state index in [1.807, 2.05) is 11.9 Å². The van der Waals surface area contributed by atoms with E-state index in [4.69, 9.17) is 0 Å². The molecule has 0 aromatic heterocycles. The summed E-state index contributed by atoms with van der Waals surface area (Å²) in [6.45, 7) is 0. The van der Waals surface area contributed by atoms with E-state index in [1.54, 1.807) is 0 Å². The van der Waals surface area contributed by atoms with Gasteiger partial charge in [-0.2, -0.15) is 0 Å². The monoisotopic (exact) mass is 191 g/mol. The van der Waals surface area contributed by atoms with Gasteiger partial charge in [0.2, 0.25) is 5.91 Å². The van der Waals surface area contributed by atoms with Gasteiger partial charge in [0, 0.05) is 12.6 Å². The largest absolute Gasteiger partial charge is 0.335 e. The normalized spacial score (nSPS) is 32.5. The molecule has 1 heterocycles. The number of hydrogen-bond acceptors (Lipinski definition) is 1. The minimum Gasteiger partial charge on any atom is -0.335 e. The Morgan fingerprint density at radius 2 is 1.93 bits per heavy atom. The lowest BCUT2D eigenvalue weighted by Crippen LogP contribution is -2.33. The first-order valence-electron chi connectivity index (χ1n) is 5.78. The van der Waals surface area contributed by atoms with Crippen LogP contribution in [0.1, 0.15) is 38.5 Å². The van der Waals surface area contributed by atoms with Crippen molar-refractivity contribution >= 4 is 5.91 Å². The fourth-order valence-electron chi connectivity index (χ4n) is 3.09. The molecule has 0 aromatic rings. The maximum atomic E-state index is 12.0. The Bertz CT molecular complexity index is 314. The molecule has 2 heteroatoms. The number of nitrogens with zero attached hydrogens (tertiary/aromatic N) is 1. The molecule has 1 fully saturated rings. The van der Waals surface area contributed by atoms with Crippen LogP contribution in [0.5, 0.6) is 0 Å². The van der Waals surface area contributed by atoms with Crippen LogP contribution >= 0.6 is 0 Å². The molecule has 14 heavy (non-hydrogen) atoms. The summed E-state index contributed by atoms with van der Waals surface area (Å²) in [5.41, 5.74) is 2.68. The van der Waals surface area contributed by atoms with Crippen LogP contribution < -0.4 is 0 Å². The van der Waals surface area contributed by atoms with Gasteiger partial charge in [0.15, 0.2) is 0 Å². The molecule has 1 aliphatic heterocycles. The third kappa shape index (κ3) is 1.06. The summed E-state index contributed by atoms with van der Waals surface area (Å²) < 4.78 is 0. The smallest absolute Gasteiger partial charge is 0.250 e. The van der Waals surface area contributed by atoms with Crippen LogP contribution in [0.15, 0.2) is 11.1 Å². The molecule has 76 valence electrons. The van der Waals surface area contributed by atoms with Crippen LogP contribution in [0, 0.1) is 5.92 Å². The van der Waals surface area contributed by atoms with E-state index < -0.39 is 0 Å². The van der Waals surface area contributed by atoms with Gasteiger partial charge in [0.25, 0.3) is 0 Å². The molecule has 0 spiro atoms. The minimum atomic E-state index is 0.330. The highest BCUT2D eigenvalue weighted by Gasteiger charge is 2.45. The van der Waals surface area contributed by atoms with Crippen molar-refractivity contribution in [1.29, 1.82) is 0 Å². The summed E-state index contributed by atoms with van der Waals surface area (Å²) >= 11 is 0. The molecule has 0 saturated heterocycles. The second kappa shape index (κ2) is 2.85. The van der Waals surface area contributed by atoms with Crippen LogP contribution in [0.2, 0.25) is 0 Å². The summed E-state index contributed by atoms with van der Waals surface area (Å²) in [5, 5.41) is 0. The van der Waals surface area contributed by atoms with Gasteiger partial charge in [-0.15, -0.1) is 0 Å². The summed E-state index contributed by atoms with van der Waals surface area (Å²) in [6, 6.07) is 0.498. The van der Waals surface area contributed by atoms with Gasteiger partial charge in [-0.3, -0.25) is 4.79 Å². The first-order valence-corrected chi connectivity index (χ1v) is 5.78. The van der Waals surface area contributed by atoms with Gasteiger partial charge in [0.1, 0.15) is 0 Å². The molecule has 3 rings (SSSR count). The SMILES string of the molecule is CN1C(=O)C2=C(CCCC2)C1C1CC1. The highest BCUT2D eigenvalue weighted by atomic mass is 16.2. The van der Waals surface area contributed by atoms with Crippen molar-refractivity contribution < 1.29 is 4.79 Å². The van der Waals surface area contributed by atoms with Crippen molar-refractivity contribution in [1.82, 2.24) is 4.90 Å². The fourth-order valence-corrected chi connectivity index (χ4v) is 3.09. The molecular weight excluding hydrogens is 174 g/mol. The van der Waals surface area contributed by atoms with E-state index >= 15 is 0 Å². The van der Waals surface area contributed by atoms with Gasteiger partial charge in [-0.25, -0.2) is 0 Å². The highest BCUT2D eigenvalue weighted by Crippen LogP contribution is 2.46. The predicted octanol–water partition coefficient (Wildman–Crippen LogP) is 2.11. The Labute approximate surface area is 85.0 Å². The van der Waals surface area contributed by atoms with Crippen molar-refractivity contribution in [2.75, 3.05) is 7.05 Å². The average molecular weight is 191 g/mol. The van der Waals surface area contributed by atoms with Crippen LogP contribution in [-0.2, 0) is 4.79 Å². The molecule has 1 atom stereocenters. The van der Waals surface area contributed by atoms with Crippen molar-refractivity contribution in [3.63, 3.8) is 0 Å². The number of carbonyl (C=O) groups is 1. The zero-order chi connectivity index (χ0) is 9.71. The van der Waals surface area contributed by atoms with Gasteiger partial charge < -0.3 is 4.90 Å². The second-order valence-electron chi connectivity index (χ2n) is 4.91. The minimum absolute atomic E-state index is 0.330. The quantitative estimate of drug-likeness (QED) is 0.621. The molecule has 2 nitrogen and oxygen atoms in total. The molecule has 1 unspecified atom stereocenters. The molecule has 0 bridgehead atoms. The van der Waals surface area contributed by atoms with Gasteiger partial charge >= 0.3 is 0 Å². The summed E-state index contributed by atoms with van der Waals surface area (Å²) in [4.78, 5) is 14.0. The molecule has 3 aliphatic rings. The van der Waals surface area contributed by atoms with Crippen molar-refractivity contribution in [3.8, 4) is 0 Å². The summed E-state index contributed by atoms with van der Waals surface area (Å²) in [7, 11) is 1.99. The lowest BCUT2D eigenvalue weighted by Gasteiger charge is -2.23. The standard InChI is InChI=1S/C12H17NO/c1-13-11(8-6-7-8)9-4-2-3-5-10(9)12(13)14/h8,11H,2-7H2,1H3. The summed E-state index contributed by atoms with van der Waals surface area (Å²) in [5.74, 6) is 1.13. The highest BCUT2D eigenvalue weighted by molar-refractivity contribution is 5.97. The molecule has 0 N–H and O–H groups in total.